The molecule has 2 fully saturated rings. The van der Waals surface area contributed by atoms with Crippen molar-refractivity contribution in [3.05, 3.63) is 22.4 Å². The highest BCUT2D eigenvalue weighted by atomic mass is 35.5. The quantitative estimate of drug-likeness (QED) is 0.737. The molecule has 1 aromatic rings. The van der Waals surface area contributed by atoms with Crippen molar-refractivity contribution in [2.75, 3.05) is 13.1 Å². The minimum Gasteiger partial charge on any atom is -0.293 e. The number of hydrogen-bond acceptors (Lipinski definition) is 2. The highest BCUT2D eigenvalue weighted by Crippen LogP contribution is 2.47. The van der Waals surface area contributed by atoms with E-state index >= 15 is 0 Å². The lowest BCUT2D eigenvalue weighted by Gasteiger charge is -2.52. The molecule has 3 heteroatoms. The fourth-order valence-electron chi connectivity index (χ4n) is 4.22. The van der Waals surface area contributed by atoms with Crippen molar-refractivity contribution in [3.63, 3.8) is 0 Å². The van der Waals surface area contributed by atoms with Crippen LogP contribution in [0.4, 0.5) is 0 Å². The zero-order chi connectivity index (χ0) is 12.4. The normalized spacial score (nSPS) is 32.8. The first-order valence-corrected chi connectivity index (χ1v) is 8.56. The van der Waals surface area contributed by atoms with Crippen molar-refractivity contribution in [3.8, 4) is 0 Å². The second-order valence-corrected chi connectivity index (χ2v) is 6.91. The molecular weight excluding hydrogens is 274 g/mol. The van der Waals surface area contributed by atoms with Gasteiger partial charge in [-0.25, -0.2) is 0 Å². The molecule has 2 atom stereocenters. The summed E-state index contributed by atoms with van der Waals surface area (Å²) in [6.07, 6.45) is 9.87. The van der Waals surface area contributed by atoms with Crippen molar-refractivity contribution in [2.45, 2.75) is 57.4 Å². The van der Waals surface area contributed by atoms with Crippen LogP contribution in [0, 0.1) is 5.92 Å². The van der Waals surface area contributed by atoms with E-state index in [1.54, 1.807) is 5.56 Å². The van der Waals surface area contributed by atoms with Crippen LogP contribution in [0.15, 0.2) is 16.8 Å². The summed E-state index contributed by atoms with van der Waals surface area (Å²) in [5.41, 5.74) is 1.99. The molecule has 2 unspecified atom stereocenters. The van der Waals surface area contributed by atoms with E-state index in [4.69, 9.17) is 0 Å². The summed E-state index contributed by atoms with van der Waals surface area (Å²) in [5, 5.41) is 4.68. The average Bonchev–Trinajstić information content (AvgIpc) is 2.95. The van der Waals surface area contributed by atoms with E-state index in [1.165, 1.54) is 58.0 Å². The summed E-state index contributed by atoms with van der Waals surface area (Å²) < 4.78 is 0. The summed E-state index contributed by atoms with van der Waals surface area (Å²) in [5.74, 6) is 0.818. The van der Waals surface area contributed by atoms with Gasteiger partial charge in [-0.3, -0.25) is 4.90 Å². The van der Waals surface area contributed by atoms with Crippen LogP contribution in [0.1, 0.15) is 57.4 Å². The van der Waals surface area contributed by atoms with E-state index in [0.717, 1.165) is 5.92 Å². The van der Waals surface area contributed by atoms with Gasteiger partial charge in [0.05, 0.1) is 0 Å². The first kappa shape index (κ1) is 15.3. The van der Waals surface area contributed by atoms with Crippen LogP contribution in [-0.2, 0) is 5.54 Å². The Morgan fingerprint density at radius 3 is 2.58 bits per heavy atom. The third-order valence-electron chi connectivity index (χ3n) is 5.20. The fourth-order valence-corrected chi connectivity index (χ4v) is 4.95. The Bertz CT molecular complexity index is 372. The van der Waals surface area contributed by atoms with Crippen molar-refractivity contribution >= 4 is 23.7 Å². The van der Waals surface area contributed by atoms with Crippen LogP contribution >= 0.6 is 23.7 Å². The Hall–Kier alpha value is -0.0500. The predicted octanol–water partition coefficient (Wildman–Crippen LogP) is 5.06. The van der Waals surface area contributed by atoms with E-state index in [2.05, 4.69) is 28.7 Å². The van der Waals surface area contributed by atoms with Gasteiger partial charge >= 0.3 is 0 Å². The second kappa shape index (κ2) is 6.60. The molecular formula is C16H26ClNS. The van der Waals surface area contributed by atoms with E-state index in [0.29, 0.717) is 5.54 Å². The Labute approximate surface area is 127 Å². The summed E-state index contributed by atoms with van der Waals surface area (Å²) in [6, 6.07) is 2.39. The molecule has 2 aliphatic rings. The van der Waals surface area contributed by atoms with Gasteiger partial charge in [0, 0.05) is 5.54 Å². The molecule has 0 radical (unpaired) electrons. The number of nitrogens with zero attached hydrogens (tertiary/aromatic N) is 1. The number of rotatable bonds is 2. The summed E-state index contributed by atoms with van der Waals surface area (Å²) in [4.78, 5) is 2.84. The van der Waals surface area contributed by atoms with Gasteiger partial charge in [0.1, 0.15) is 0 Å². The SMILES string of the molecule is CC1CCCCC1(c1ccsc1)N1CCCCC1.Cl. The topological polar surface area (TPSA) is 3.24 Å². The number of halogens is 1. The monoisotopic (exact) mass is 299 g/mol. The maximum atomic E-state index is 2.84. The van der Waals surface area contributed by atoms with Gasteiger partial charge < -0.3 is 0 Å². The molecule has 0 N–H and O–H groups in total. The number of thiophene rings is 1. The molecule has 1 saturated carbocycles. The lowest BCUT2D eigenvalue weighted by Crippen LogP contribution is -2.53. The van der Waals surface area contributed by atoms with E-state index < -0.39 is 0 Å². The molecule has 1 aliphatic heterocycles. The Morgan fingerprint density at radius 2 is 1.95 bits per heavy atom. The molecule has 1 nitrogen and oxygen atoms in total. The highest BCUT2D eigenvalue weighted by molar-refractivity contribution is 7.08. The zero-order valence-corrected chi connectivity index (χ0v) is 13.6. The number of piperidine rings is 1. The van der Waals surface area contributed by atoms with Crippen LogP contribution in [-0.4, -0.2) is 18.0 Å². The smallest absolute Gasteiger partial charge is 0.0494 e. The van der Waals surface area contributed by atoms with Crippen LogP contribution < -0.4 is 0 Å². The molecule has 3 rings (SSSR count). The number of likely N-dealkylation sites (tertiary alicyclic amines) is 1. The standard InChI is InChI=1S/C16H25NS.ClH/c1-14-7-3-4-9-16(14,15-8-12-18-13-15)17-10-5-2-6-11-17;/h8,12-14H,2-7,9-11H2,1H3;1H. The lowest BCUT2D eigenvalue weighted by atomic mass is 9.68. The first-order valence-electron chi connectivity index (χ1n) is 7.62. The van der Waals surface area contributed by atoms with Gasteiger partial charge in [-0.05, 0) is 67.1 Å². The minimum atomic E-state index is 0. The third-order valence-corrected chi connectivity index (χ3v) is 5.88. The fraction of sp³-hybridized carbons (Fsp3) is 0.750. The molecule has 1 aromatic heterocycles. The molecule has 2 heterocycles. The maximum absolute atomic E-state index is 2.84. The molecule has 108 valence electrons. The molecule has 0 spiro atoms. The van der Waals surface area contributed by atoms with Gasteiger partial charge in [-0.1, -0.05) is 26.2 Å². The zero-order valence-electron chi connectivity index (χ0n) is 11.9. The third kappa shape index (κ3) is 2.72. The molecule has 0 bridgehead atoms. The van der Waals surface area contributed by atoms with Gasteiger partial charge in [0.25, 0.3) is 0 Å². The second-order valence-electron chi connectivity index (χ2n) is 6.13. The van der Waals surface area contributed by atoms with Crippen molar-refractivity contribution < 1.29 is 0 Å². The summed E-state index contributed by atoms with van der Waals surface area (Å²) >= 11 is 1.87. The van der Waals surface area contributed by atoms with Crippen molar-refractivity contribution in [2.24, 2.45) is 5.92 Å². The predicted molar refractivity (Wildman–Crippen MR) is 86.3 cm³/mol. The number of hydrogen-bond donors (Lipinski definition) is 0. The summed E-state index contributed by atoms with van der Waals surface area (Å²) in [6.45, 7) is 5.13. The molecule has 0 aromatic carbocycles. The van der Waals surface area contributed by atoms with Crippen LogP contribution in [0.25, 0.3) is 0 Å². The van der Waals surface area contributed by atoms with E-state index in [9.17, 15) is 0 Å². The van der Waals surface area contributed by atoms with Gasteiger partial charge in [-0.2, -0.15) is 11.3 Å². The van der Waals surface area contributed by atoms with E-state index in [1.807, 2.05) is 11.3 Å². The van der Waals surface area contributed by atoms with Crippen LogP contribution in [0.3, 0.4) is 0 Å². The Balaban J connectivity index is 0.00000133. The van der Waals surface area contributed by atoms with Crippen LogP contribution in [0.5, 0.6) is 0 Å². The van der Waals surface area contributed by atoms with Gasteiger partial charge in [-0.15, -0.1) is 12.4 Å². The van der Waals surface area contributed by atoms with Crippen molar-refractivity contribution in [1.82, 2.24) is 4.90 Å². The van der Waals surface area contributed by atoms with E-state index in [-0.39, 0.29) is 12.4 Å². The molecule has 1 saturated heterocycles. The first-order chi connectivity index (χ1) is 8.84. The lowest BCUT2D eigenvalue weighted by molar-refractivity contribution is -0.0107. The summed E-state index contributed by atoms with van der Waals surface area (Å²) in [7, 11) is 0. The molecule has 19 heavy (non-hydrogen) atoms. The highest BCUT2D eigenvalue weighted by Gasteiger charge is 2.44. The largest absolute Gasteiger partial charge is 0.293 e. The molecule has 0 amide bonds. The Kier molecular flexibility index (Phi) is 5.33. The molecule has 1 aliphatic carbocycles. The van der Waals surface area contributed by atoms with Crippen LogP contribution in [0.2, 0.25) is 0 Å². The Morgan fingerprint density at radius 1 is 1.16 bits per heavy atom. The van der Waals surface area contributed by atoms with Gasteiger partial charge in [0.2, 0.25) is 0 Å². The average molecular weight is 300 g/mol. The maximum Gasteiger partial charge on any atom is 0.0494 e. The van der Waals surface area contributed by atoms with Gasteiger partial charge in [0.15, 0.2) is 0 Å². The van der Waals surface area contributed by atoms with Crippen molar-refractivity contribution in [1.29, 1.82) is 0 Å². The minimum absolute atomic E-state index is 0.